The molecule has 8 heteroatoms. The molecule has 3 heterocycles. The Morgan fingerprint density at radius 2 is 2.07 bits per heavy atom. The molecule has 1 amide bonds. The summed E-state index contributed by atoms with van der Waals surface area (Å²) in [4.78, 5) is 20.8. The van der Waals surface area contributed by atoms with E-state index in [0.717, 1.165) is 32.3 Å². The molecule has 4 aromatic rings. The molecule has 0 aliphatic carbocycles. The predicted molar refractivity (Wildman–Crippen MR) is 107 cm³/mol. The normalized spacial score (nSPS) is 11.0. The molecule has 0 saturated carbocycles. The van der Waals surface area contributed by atoms with Crippen LogP contribution >= 0.6 is 23.3 Å². The third kappa shape index (κ3) is 4.01. The van der Waals surface area contributed by atoms with Crippen molar-refractivity contribution in [2.45, 2.75) is 18.5 Å². The fourth-order valence-corrected chi connectivity index (χ4v) is 4.28. The third-order valence-electron chi connectivity index (χ3n) is 3.93. The van der Waals surface area contributed by atoms with Crippen LogP contribution in [0.3, 0.4) is 0 Å². The van der Waals surface area contributed by atoms with Crippen molar-refractivity contribution in [3.63, 3.8) is 0 Å². The van der Waals surface area contributed by atoms with Gasteiger partial charge in [0.2, 0.25) is 5.91 Å². The van der Waals surface area contributed by atoms with Gasteiger partial charge < -0.3 is 9.73 Å². The first kappa shape index (κ1) is 17.7. The Balaban J connectivity index is 1.48. The van der Waals surface area contributed by atoms with E-state index in [2.05, 4.69) is 38.7 Å². The van der Waals surface area contributed by atoms with Gasteiger partial charge in [-0.3, -0.25) is 4.79 Å². The number of carbonyl (C=O) groups excluding carboxylic acids is 1. The molecule has 0 radical (unpaired) electrons. The van der Waals surface area contributed by atoms with E-state index < -0.39 is 0 Å². The molecule has 1 aromatic carbocycles. The zero-order valence-corrected chi connectivity index (χ0v) is 16.1. The average molecular weight is 396 g/mol. The van der Waals surface area contributed by atoms with Crippen LogP contribution in [0, 0.1) is 6.92 Å². The van der Waals surface area contributed by atoms with Gasteiger partial charge in [-0.25, -0.2) is 9.97 Å². The average Bonchev–Trinajstić information content (AvgIpc) is 3.35. The number of carbonyl (C=O) groups is 1. The lowest BCUT2D eigenvalue weighted by molar-refractivity contribution is -0.118. The zero-order valence-electron chi connectivity index (χ0n) is 14.5. The Morgan fingerprint density at radius 3 is 2.85 bits per heavy atom. The van der Waals surface area contributed by atoms with E-state index in [1.54, 1.807) is 12.3 Å². The number of thioether (sulfide) groups is 1. The highest BCUT2D eigenvalue weighted by Crippen LogP contribution is 2.34. The molecule has 0 unspecified atom stereocenters. The Bertz CT molecular complexity index is 1060. The van der Waals surface area contributed by atoms with Crippen LogP contribution in [0.1, 0.15) is 11.3 Å². The smallest absolute Gasteiger partial charge is 0.230 e. The van der Waals surface area contributed by atoms with Gasteiger partial charge in [0.15, 0.2) is 0 Å². The van der Waals surface area contributed by atoms with Gasteiger partial charge in [0.1, 0.15) is 33.0 Å². The van der Waals surface area contributed by atoms with Crippen molar-refractivity contribution in [1.82, 2.24) is 19.7 Å². The summed E-state index contributed by atoms with van der Waals surface area (Å²) >= 11 is 2.74. The van der Waals surface area contributed by atoms with Crippen molar-refractivity contribution in [3.8, 4) is 11.3 Å². The Labute approximate surface area is 164 Å². The summed E-state index contributed by atoms with van der Waals surface area (Å²) in [6, 6.07) is 11.8. The summed E-state index contributed by atoms with van der Waals surface area (Å²) in [7, 11) is 0. The highest BCUT2D eigenvalue weighted by Gasteiger charge is 2.15. The molecule has 0 saturated heterocycles. The molecule has 3 aromatic heterocycles. The minimum absolute atomic E-state index is 0.0774. The number of aromatic nitrogens is 3. The molecule has 0 aliphatic heterocycles. The quantitative estimate of drug-likeness (QED) is 0.391. The van der Waals surface area contributed by atoms with Gasteiger partial charge in [0.05, 0.1) is 18.6 Å². The van der Waals surface area contributed by atoms with Crippen LogP contribution in [-0.2, 0) is 11.3 Å². The van der Waals surface area contributed by atoms with Gasteiger partial charge in [0.25, 0.3) is 0 Å². The first-order chi connectivity index (χ1) is 13.2. The summed E-state index contributed by atoms with van der Waals surface area (Å²) < 4.78 is 10.7. The summed E-state index contributed by atoms with van der Waals surface area (Å²) in [5.74, 6) is 0.916. The molecule has 0 bridgehead atoms. The minimum Gasteiger partial charge on any atom is -0.467 e. The molecule has 1 N–H and O–H groups in total. The SMILES string of the molecule is Cc1ccc(-c2nsc3c(SCC(=O)NCc4ccco4)ncnc23)cc1. The zero-order chi connectivity index (χ0) is 18.6. The second-order valence-electron chi connectivity index (χ2n) is 5.90. The molecular formula is C19H16N4O2S2. The molecule has 136 valence electrons. The maximum atomic E-state index is 12.1. The summed E-state index contributed by atoms with van der Waals surface area (Å²) in [5, 5.41) is 3.60. The molecule has 0 aliphatic rings. The number of rotatable bonds is 6. The summed E-state index contributed by atoms with van der Waals surface area (Å²) in [6.45, 7) is 2.43. The van der Waals surface area contributed by atoms with E-state index >= 15 is 0 Å². The number of nitrogens with one attached hydrogen (secondary N) is 1. The Hall–Kier alpha value is -2.71. The molecule has 0 fully saturated rings. The topological polar surface area (TPSA) is 80.9 Å². The number of nitrogens with zero attached hydrogens (tertiary/aromatic N) is 3. The molecule has 27 heavy (non-hydrogen) atoms. The number of furan rings is 1. The third-order valence-corrected chi connectivity index (χ3v) is 5.89. The van der Waals surface area contributed by atoms with Gasteiger partial charge in [-0.1, -0.05) is 41.6 Å². The van der Waals surface area contributed by atoms with Crippen LogP contribution in [0.4, 0.5) is 0 Å². The lowest BCUT2D eigenvalue weighted by Gasteiger charge is -2.04. The lowest BCUT2D eigenvalue weighted by atomic mass is 10.1. The Morgan fingerprint density at radius 1 is 1.22 bits per heavy atom. The Kier molecular flexibility index (Phi) is 5.17. The second kappa shape index (κ2) is 7.89. The summed E-state index contributed by atoms with van der Waals surface area (Å²) in [6.07, 6.45) is 3.11. The van der Waals surface area contributed by atoms with E-state index in [-0.39, 0.29) is 11.7 Å². The van der Waals surface area contributed by atoms with Crippen molar-refractivity contribution >= 4 is 39.4 Å². The van der Waals surface area contributed by atoms with Crippen LogP contribution in [0.25, 0.3) is 21.5 Å². The molecule has 6 nitrogen and oxygen atoms in total. The summed E-state index contributed by atoms with van der Waals surface area (Å²) in [5.41, 5.74) is 3.89. The molecule has 0 atom stereocenters. The number of amides is 1. The largest absolute Gasteiger partial charge is 0.467 e. The highest BCUT2D eigenvalue weighted by atomic mass is 32.2. The first-order valence-corrected chi connectivity index (χ1v) is 10.1. The van der Waals surface area contributed by atoms with Crippen molar-refractivity contribution < 1.29 is 9.21 Å². The van der Waals surface area contributed by atoms with Gasteiger partial charge in [-0.2, -0.15) is 4.37 Å². The number of benzene rings is 1. The fraction of sp³-hybridized carbons (Fsp3) is 0.158. The second-order valence-corrected chi connectivity index (χ2v) is 7.64. The van der Waals surface area contributed by atoms with E-state index in [9.17, 15) is 4.79 Å². The van der Waals surface area contributed by atoms with Crippen molar-refractivity contribution in [3.05, 3.63) is 60.3 Å². The minimum atomic E-state index is -0.0774. The lowest BCUT2D eigenvalue weighted by Crippen LogP contribution is -2.24. The van der Waals surface area contributed by atoms with E-state index in [1.807, 2.05) is 18.2 Å². The number of hydrogen-bond acceptors (Lipinski definition) is 7. The van der Waals surface area contributed by atoms with E-state index in [1.165, 1.54) is 35.2 Å². The highest BCUT2D eigenvalue weighted by molar-refractivity contribution is 8.00. The maximum Gasteiger partial charge on any atom is 0.230 e. The standard InChI is InChI=1S/C19H16N4O2S2/c1-12-4-6-13(7-5-12)16-17-18(27-23-16)19(22-11-21-17)26-10-15(24)20-9-14-3-2-8-25-14/h2-8,11H,9-10H2,1H3,(H,20,24). The number of aryl methyl sites for hydroxylation is 1. The van der Waals surface area contributed by atoms with Crippen LogP contribution in [0.15, 0.2) is 58.4 Å². The van der Waals surface area contributed by atoms with Crippen molar-refractivity contribution in [1.29, 1.82) is 0 Å². The van der Waals surface area contributed by atoms with Gasteiger partial charge in [-0.05, 0) is 30.6 Å². The van der Waals surface area contributed by atoms with Gasteiger partial charge in [0, 0.05) is 5.56 Å². The van der Waals surface area contributed by atoms with Gasteiger partial charge in [-0.15, -0.1) is 0 Å². The van der Waals surface area contributed by atoms with Gasteiger partial charge >= 0.3 is 0 Å². The number of fused-ring (bicyclic) bond motifs is 1. The monoisotopic (exact) mass is 396 g/mol. The maximum absolute atomic E-state index is 12.1. The first-order valence-electron chi connectivity index (χ1n) is 8.30. The van der Waals surface area contributed by atoms with Crippen LogP contribution in [0.5, 0.6) is 0 Å². The van der Waals surface area contributed by atoms with Crippen LogP contribution in [0.2, 0.25) is 0 Å². The molecule has 4 rings (SSSR count). The fourth-order valence-electron chi connectivity index (χ4n) is 2.53. The van der Waals surface area contributed by atoms with E-state index in [4.69, 9.17) is 4.42 Å². The van der Waals surface area contributed by atoms with Crippen LogP contribution < -0.4 is 5.32 Å². The number of hydrogen-bond donors (Lipinski definition) is 1. The molecule has 0 spiro atoms. The van der Waals surface area contributed by atoms with Crippen LogP contribution in [-0.4, -0.2) is 26.0 Å². The van der Waals surface area contributed by atoms with E-state index in [0.29, 0.717) is 6.54 Å². The molecular weight excluding hydrogens is 380 g/mol. The van der Waals surface area contributed by atoms with Crippen molar-refractivity contribution in [2.24, 2.45) is 0 Å². The van der Waals surface area contributed by atoms with Crippen molar-refractivity contribution in [2.75, 3.05) is 5.75 Å². The predicted octanol–water partition coefficient (Wildman–Crippen LogP) is 4.06.